The van der Waals surface area contributed by atoms with Gasteiger partial charge in [0, 0.05) is 12.0 Å². The van der Waals surface area contributed by atoms with Crippen LogP contribution < -0.4 is 5.73 Å². The molecule has 1 saturated carbocycles. The normalized spacial score (nSPS) is 31.3. The zero-order valence-electron chi connectivity index (χ0n) is 9.79. The molecule has 0 heterocycles. The lowest BCUT2D eigenvalue weighted by Gasteiger charge is -2.19. The Morgan fingerprint density at radius 2 is 1.27 bits per heavy atom. The van der Waals surface area contributed by atoms with Crippen LogP contribution in [0, 0.1) is 5.92 Å². The van der Waals surface area contributed by atoms with E-state index >= 15 is 0 Å². The fraction of sp³-hybridized carbons (Fsp3) is 0.923. The second kappa shape index (κ2) is 7.86. The predicted molar refractivity (Wildman–Crippen MR) is 63.7 cm³/mol. The topological polar surface area (TPSA) is 43.1 Å². The van der Waals surface area contributed by atoms with Crippen LogP contribution in [0.25, 0.3) is 0 Å². The van der Waals surface area contributed by atoms with Gasteiger partial charge in [0.05, 0.1) is 0 Å². The van der Waals surface area contributed by atoms with Crippen molar-refractivity contribution in [2.75, 3.05) is 0 Å². The van der Waals surface area contributed by atoms with Gasteiger partial charge in [-0.25, -0.2) is 0 Å². The van der Waals surface area contributed by atoms with Gasteiger partial charge in [-0.1, -0.05) is 51.4 Å². The third-order valence-electron chi connectivity index (χ3n) is 3.55. The third kappa shape index (κ3) is 5.31. The number of rotatable bonds is 1. The van der Waals surface area contributed by atoms with Crippen molar-refractivity contribution in [2.24, 2.45) is 11.7 Å². The summed E-state index contributed by atoms with van der Waals surface area (Å²) >= 11 is 0. The minimum Gasteiger partial charge on any atom is -0.327 e. The minimum atomic E-state index is 0.113. The van der Waals surface area contributed by atoms with Crippen LogP contribution in [0.4, 0.5) is 0 Å². The molecule has 1 aliphatic carbocycles. The van der Waals surface area contributed by atoms with E-state index < -0.39 is 0 Å². The van der Waals surface area contributed by atoms with Crippen molar-refractivity contribution in [3.05, 3.63) is 0 Å². The summed E-state index contributed by atoms with van der Waals surface area (Å²) in [7, 11) is 0. The van der Waals surface area contributed by atoms with Gasteiger partial charge in [-0.2, -0.15) is 0 Å². The quantitative estimate of drug-likeness (QED) is 0.677. The van der Waals surface area contributed by atoms with Crippen molar-refractivity contribution in [1.82, 2.24) is 0 Å². The fourth-order valence-electron chi connectivity index (χ4n) is 2.42. The van der Waals surface area contributed by atoms with Gasteiger partial charge in [0.15, 0.2) is 0 Å². The van der Waals surface area contributed by atoms with E-state index in [4.69, 9.17) is 5.73 Å². The molecule has 0 bridgehead atoms. The maximum atomic E-state index is 10.9. The summed E-state index contributed by atoms with van der Waals surface area (Å²) in [6, 6.07) is 0.113. The number of hydrogen-bond acceptors (Lipinski definition) is 2. The van der Waals surface area contributed by atoms with E-state index in [0.29, 0.717) is 0 Å². The van der Waals surface area contributed by atoms with E-state index in [1.807, 2.05) is 0 Å². The SMILES string of the molecule is NC1CCCCCCCCCCC1C=O. The lowest BCUT2D eigenvalue weighted by Crippen LogP contribution is -2.31. The molecule has 0 aliphatic heterocycles. The van der Waals surface area contributed by atoms with Crippen LogP contribution in [0.1, 0.15) is 64.2 Å². The number of carbonyl (C=O) groups excluding carboxylic acids is 1. The molecular weight excluding hydrogens is 186 g/mol. The minimum absolute atomic E-state index is 0.113. The van der Waals surface area contributed by atoms with Crippen LogP contribution in [0.2, 0.25) is 0 Å². The van der Waals surface area contributed by atoms with Crippen LogP contribution in [-0.2, 0) is 4.79 Å². The number of nitrogens with two attached hydrogens (primary N) is 1. The summed E-state index contributed by atoms with van der Waals surface area (Å²) in [6.07, 6.45) is 13.5. The molecule has 2 nitrogen and oxygen atoms in total. The summed E-state index contributed by atoms with van der Waals surface area (Å²) in [5, 5.41) is 0. The Hall–Kier alpha value is -0.370. The Kier molecular flexibility index (Phi) is 6.66. The first-order valence-electron chi connectivity index (χ1n) is 6.55. The first-order chi connectivity index (χ1) is 7.34. The fourth-order valence-corrected chi connectivity index (χ4v) is 2.42. The molecule has 2 heteroatoms. The molecule has 0 radical (unpaired) electrons. The molecule has 0 spiro atoms. The van der Waals surface area contributed by atoms with Gasteiger partial charge in [-0.05, 0) is 12.8 Å². The molecule has 0 aromatic heterocycles. The summed E-state index contributed by atoms with van der Waals surface area (Å²) in [4.78, 5) is 10.9. The second-order valence-corrected chi connectivity index (χ2v) is 4.87. The highest BCUT2D eigenvalue weighted by Crippen LogP contribution is 2.19. The summed E-state index contributed by atoms with van der Waals surface area (Å²) in [5.41, 5.74) is 6.04. The molecule has 15 heavy (non-hydrogen) atoms. The number of hydrogen-bond donors (Lipinski definition) is 1. The molecule has 1 fully saturated rings. The monoisotopic (exact) mass is 211 g/mol. The highest BCUT2D eigenvalue weighted by molar-refractivity contribution is 5.54. The van der Waals surface area contributed by atoms with E-state index in [1.54, 1.807) is 0 Å². The first kappa shape index (κ1) is 12.7. The van der Waals surface area contributed by atoms with Crippen LogP contribution >= 0.6 is 0 Å². The zero-order chi connectivity index (χ0) is 10.9. The van der Waals surface area contributed by atoms with Crippen LogP contribution in [-0.4, -0.2) is 12.3 Å². The van der Waals surface area contributed by atoms with E-state index in [9.17, 15) is 4.79 Å². The maximum Gasteiger partial charge on any atom is 0.124 e. The van der Waals surface area contributed by atoms with Crippen LogP contribution in [0.15, 0.2) is 0 Å². The zero-order valence-corrected chi connectivity index (χ0v) is 9.79. The van der Waals surface area contributed by atoms with E-state index in [1.165, 1.54) is 51.4 Å². The van der Waals surface area contributed by atoms with Crippen LogP contribution in [0.3, 0.4) is 0 Å². The standard InChI is InChI=1S/C13H25NO/c14-13-10-8-6-4-2-1-3-5-7-9-12(13)11-15/h11-13H,1-10,14H2. The highest BCUT2D eigenvalue weighted by atomic mass is 16.1. The average molecular weight is 211 g/mol. The second-order valence-electron chi connectivity index (χ2n) is 4.87. The van der Waals surface area contributed by atoms with Crippen molar-refractivity contribution < 1.29 is 4.79 Å². The van der Waals surface area contributed by atoms with Gasteiger partial charge in [-0.15, -0.1) is 0 Å². The first-order valence-corrected chi connectivity index (χ1v) is 6.55. The molecule has 2 N–H and O–H groups in total. The van der Waals surface area contributed by atoms with Crippen molar-refractivity contribution in [2.45, 2.75) is 70.3 Å². The molecule has 0 amide bonds. The summed E-state index contributed by atoms with van der Waals surface area (Å²) in [6.45, 7) is 0. The lowest BCUT2D eigenvalue weighted by molar-refractivity contribution is -0.111. The molecule has 0 aromatic rings. The molecule has 1 rings (SSSR count). The van der Waals surface area contributed by atoms with E-state index in [0.717, 1.165) is 19.1 Å². The molecule has 2 unspecified atom stereocenters. The third-order valence-corrected chi connectivity index (χ3v) is 3.55. The molecule has 0 saturated heterocycles. The largest absolute Gasteiger partial charge is 0.327 e. The molecule has 0 aromatic carbocycles. The highest BCUT2D eigenvalue weighted by Gasteiger charge is 2.16. The number of carbonyl (C=O) groups is 1. The molecule has 88 valence electrons. The van der Waals surface area contributed by atoms with E-state index in [-0.39, 0.29) is 12.0 Å². The Bertz CT molecular complexity index is 170. The van der Waals surface area contributed by atoms with Crippen LogP contribution in [0.5, 0.6) is 0 Å². The van der Waals surface area contributed by atoms with Gasteiger partial charge < -0.3 is 10.5 Å². The molecular formula is C13H25NO. The van der Waals surface area contributed by atoms with Gasteiger partial charge in [0.1, 0.15) is 6.29 Å². The Labute approximate surface area is 93.6 Å². The predicted octanol–water partition coefficient (Wildman–Crippen LogP) is 3.04. The van der Waals surface area contributed by atoms with E-state index in [2.05, 4.69) is 0 Å². The smallest absolute Gasteiger partial charge is 0.124 e. The van der Waals surface area contributed by atoms with Gasteiger partial charge in [0.25, 0.3) is 0 Å². The Balaban J connectivity index is 2.34. The van der Waals surface area contributed by atoms with Crippen molar-refractivity contribution in [3.8, 4) is 0 Å². The Morgan fingerprint density at radius 3 is 1.80 bits per heavy atom. The summed E-state index contributed by atoms with van der Waals surface area (Å²) < 4.78 is 0. The average Bonchev–Trinajstić information content (AvgIpc) is 2.23. The maximum absolute atomic E-state index is 10.9. The van der Waals surface area contributed by atoms with Crippen molar-refractivity contribution in [1.29, 1.82) is 0 Å². The summed E-state index contributed by atoms with van der Waals surface area (Å²) in [5.74, 6) is 0.115. The Morgan fingerprint density at radius 1 is 0.800 bits per heavy atom. The lowest BCUT2D eigenvalue weighted by atomic mass is 9.90. The molecule has 2 atom stereocenters. The van der Waals surface area contributed by atoms with Gasteiger partial charge in [-0.3, -0.25) is 0 Å². The number of aldehydes is 1. The molecule has 1 aliphatic rings. The van der Waals surface area contributed by atoms with Crippen molar-refractivity contribution in [3.63, 3.8) is 0 Å². The van der Waals surface area contributed by atoms with Crippen molar-refractivity contribution >= 4 is 6.29 Å². The van der Waals surface area contributed by atoms with Gasteiger partial charge in [0.2, 0.25) is 0 Å². The van der Waals surface area contributed by atoms with Gasteiger partial charge >= 0.3 is 0 Å².